The van der Waals surface area contributed by atoms with E-state index in [0.29, 0.717) is 41.2 Å². The fourth-order valence-electron chi connectivity index (χ4n) is 3.46. The minimum Gasteiger partial charge on any atom is -0.355 e. The molecule has 136 valence electrons. The van der Waals surface area contributed by atoms with Crippen molar-refractivity contribution in [3.05, 3.63) is 58.2 Å². The second-order valence-corrected chi connectivity index (χ2v) is 6.43. The smallest absolute Gasteiger partial charge is 0.256 e. The van der Waals surface area contributed by atoms with Gasteiger partial charge >= 0.3 is 0 Å². The summed E-state index contributed by atoms with van der Waals surface area (Å²) < 4.78 is 13.6. The fourth-order valence-corrected chi connectivity index (χ4v) is 3.46. The number of hydrogen-bond donors (Lipinski definition) is 2. The van der Waals surface area contributed by atoms with Crippen molar-refractivity contribution in [3.63, 3.8) is 0 Å². The van der Waals surface area contributed by atoms with Crippen molar-refractivity contribution in [1.82, 2.24) is 15.2 Å². The maximum atomic E-state index is 13.6. The van der Waals surface area contributed by atoms with Crippen LogP contribution in [0.15, 0.2) is 24.3 Å². The van der Waals surface area contributed by atoms with Crippen LogP contribution in [0, 0.1) is 19.7 Å². The number of ketones is 1. The molecule has 1 aliphatic heterocycles. The molecule has 2 N–H and O–H groups in total. The average Bonchev–Trinajstić information content (AvgIpc) is 2.88. The monoisotopic (exact) mass is 357 g/mol. The van der Waals surface area contributed by atoms with Crippen LogP contribution in [0.2, 0.25) is 0 Å². The number of nitrogens with zero attached hydrogens (tertiary/aromatic N) is 1. The number of Topliss-reactive ketones (excluding diaryl/α,β-unsaturated/α-hetero) is 1. The van der Waals surface area contributed by atoms with Gasteiger partial charge in [-0.05, 0) is 37.1 Å². The Morgan fingerprint density at radius 2 is 2.00 bits per heavy atom. The number of benzene rings is 1. The molecule has 7 heteroatoms. The van der Waals surface area contributed by atoms with Crippen LogP contribution in [0.3, 0.4) is 0 Å². The Morgan fingerprint density at radius 3 is 2.62 bits per heavy atom. The molecule has 1 atom stereocenters. The largest absolute Gasteiger partial charge is 0.355 e. The number of carbonyl (C=O) groups excluding carboxylic acids is 3. The van der Waals surface area contributed by atoms with Gasteiger partial charge in [-0.1, -0.05) is 12.1 Å². The summed E-state index contributed by atoms with van der Waals surface area (Å²) in [6.45, 7) is 5.46. The quantitative estimate of drug-likeness (QED) is 0.827. The zero-order valence-electron chi connectivity index (χ0n) is 14.9. The van der Waals surface area contributed by atoms with Gasteiger partial charge in [0.15, 0.2) is 5.78 Å². The number of carbonyl (C=O) groups is 3. The second kappa shape index (κ2) is 6.74. The van der Waals surface area contributed by atoms with E-state index in [4.69, 9.17) is 0 Å². The maximum Gasteiger partial charge on any atom is 0.256 e. The highest BCUT2D eigenvalue weighted by atomic mass is 19.1. The molecule has 0 radical (unpaired) electrons. The highest BCUT2D eigenvalue weighted by Crippen LogP contribution is 2.28. The molecule has 0 bridgehead atoms. The molecule has 2 amide bonds. The number of aromatic amines is 1. The SMILES string of the molecule is CC(=O)c1[nH]c(C)c(C(=O)N2CCNC(=O)C2c2cccc(F)c2)c1C. The van der Waals surface area contributed by atoms with Crippen LogP contribution in [0.4, 0.5) is 4.39 Å². The third-order valence-electron chi connectivity index (χ3n) is 4.64. The van der Waals surface area contributed by atoms with Gasteiger partial charge in [-0.15, -0.1) is 0 Å². The Morgan fingerprint density at radius 1 is 1.27 bits per heavy atom. The lowest BCUT2D eigenvalue weighted by Gasteiger charge is -2.35. The van der Waals surface area contributed by atoms with Crippen LogP contribution in [0.1, 0.15) is 50.6 Å². The molecule has 1 aromatic heterocycles. The molecular formula is C19H20FN3O3. The van der Waals surface area contributed by atoms with Crippen LogP contribution in [0.25, 0.3) is 0 Å². The first-order valence-corrected chi connectivity index (χ1v) is 8.35. The van der Waals surface area contributed by atoms with Gasteiger partial charge in [0.25, 0.3) is 5.91 Å². The Labute approximate surface area is 150 Å². The Hall–Kier alpha value is -2.96. The molecule has 1 fully saturated rings. The van der Waals surface area contributed by atoms with Gasteiger partial charge < -0.3 is 15.2 Å². The van der Waals surface area contributed by atoms with E-state index in [1.54, 1.807) is 19.9 Å². The number of halogens is 1. The standard InChI is InChI=1S/C19H20FN3O3/c1-10-15(11(2)22-16(10)12(3)24)19(26)23-8-7-21-18(25)17(23)13-5-4-6-14(20)9-13/h4-6,9,17,22H,7-8H2,1-3H3,(H,21,25). The van der Waals surface area contributed by atoms with E-state index in [1.165, 1.54) is 30.0 Å². The molecule has 26 heavy (non-hydrogen) atoms. The van der Waals surface area contributed by atoms with Crippen LogP contribution in [-0.2, 0) is 4.79 Å². The lowest BCUT2D eigenvalue weighted by atomic mass is 9.99. The summed E-state index contributed by atoms with van der Waals surface area (Å²) in [6, 6.07) is 4.76. The van der Waals surface area contributed by atoms with E-state index in [2.05, 4.69) is 10.3 Å². The highest BCUT2D eigenvalue weighted by Gasteiger charge is 2.36. The number of hydrogen-bond acceptors (Lipinski definition) is 3. The average molecular weight is 357 g/mol. The number of rotatable bonds is 3. The molecule has 6 nitrogen and oxygen atoms in total. The molecule has 1 aliphatic rings. The Kier molecular flexibility index (Phi) is 4.63. The van der Waals surface area contributed by atoms with Gasteiger partial charge in [0.1, 0.15) is 11.9 Å². The molecule has 0 spiro atoms. The van der Waals surface area contributed by atoms with Gasteiger partial charge in [-0.2, -0.15) is 0 Å². The third kappa shape index (κ3) is 3.00. The molecule has 1 aromatic carbocycles. The Balaban J connectivity index is 2.04. The number of amides is 2. The summed E-state index contributed by atoms with van der Waals surface area (Å²) in [6.07, 6.45) is 0. The van der Waals surface area contributed by atoms with E-state index >= 15 is 0 Å². The highest BCUT2D eigenvalue weighted by molar-refractivity contribution is 6.04. The summed E-state index contributed by atoms with van der Waals surface area (Å²) in [5, 5.41) is 2.72. The maximum absolute atomic E-state index is 13.6. The predicted molar refractivity (Wildman–Crippen MR) is 93.5 cm³/mol. The summed E-state index contributed by atoms with van der Waals surface area (Å²) in [5.41, 5.74) is 2.31. The van der Waals surface area contributed by atoms with E-state index < -0.39 is 11.9 Å². The van der Waals surface area contributed by atoms with Gasteiger partial charge in [0, 0.05) is 25.7 Å². The van der Waals surface area contributed by atoms with Crippen molar-refractivity contribution in [2.45, 2.75) is 26.8 Å². The predicted octanol–water partition coefficient (Wildman–Crippen LogP) is 2.29. The van der Waals surface area contributed by atoms with Crippen molar-refractivity contribution in [2.24, 2.45) is 0 Å². The van der Waals surface area contributed by atoms with Crippen molar-refractivity contribution >= 4 is 17.6 Å². The first-order chi connectivity index (χ1) is 12.3. The number of piperazine rings is 1. The lowest BCUT2D eigenvalue weighted by molar-refractivity contribution is -0.128. The lowest BCUT2D eigenvalue weighted by Crippen LogP contribution is -2.52. The van der Waals surface area contributed by atoms with Crippen LogP contribution in [-0.4, -0.2) is 40.6 Å². The number of aryl methyl sites for hydroxylation is 1. The summed E-state index contributed by atoms with van der Waals surface area (Å²) in [5.74, 6) is -1.34. The summed E-state index contributed by atoms with van der Waals surface area (Å²) >= 11 is 0. The molecule has 1 unspecified atom stereocenters. The number of H-pyrrole nitrogens is 1. The molecule has 1 saturated heterocycles. The molecule has 2 heterocycles. The van der Waals surface area contributed by atoms with Crippen molar-refractivity contribution in [2.75, 3.05) is 13.1 Å². The van der Waals surface area contributed by atoms with E-state index in [0.717, 1.165) is 0 Å². The van der Waals surface area contributed by atoms with Crippen LogP contribution in [0.5, 0.6) is 0 Å². The van der Waals surface area contributed by atoms with E-state index in [9.17, 15) is 18.8 Å². The summed E-state index contributed by atoms with van der Waals surface area (Å²) in [7, 11) is 0. The van der Waals surface area contributed by atoms with E-state index in [1.807, 2.05) is 0 Å². The molecule has 0 saturated carbocycles. The van der Waals surface area contributed by atoms with Crippen LogP contribution >= 0.6 is 0 Å². The second-order valence-electron chi connectivity index (χ2n) is 6.43. The van der Waals surface area contributed by atoms with Crippen molar-refractivity contribution < 1.29 is 18.8 Å². The van der Waals surface area contributed by atoms with Gasteiger partial charge in [0.05, 0.1) is 11.3 Å². The van der Waals surface area contributed by atoms with Crippen molar-refractivity contribution in [3.8, 4) is 0 Å². The van der Waals surface area contributed by atoms with Gasteiger partial charge in [-0.3, -0.25) is 14.4 Å². The minimum atomic E-state index is -0.915. The molecule has 0 aliphatic carbocycles. The third-order valence-corrected chi connectivity index (χ3v) is 4.64. The molecular weight excluding hydrogens is 337 g/mol. The first kappa shape index (κ1) is 17.8. The molecule has 3 rings (SSSR count). The fraction of sp³-hybridized carbons (Fsp3) is 0.316. The van der Waals surface area contributed by atoms with E-state index in [-0.39, 0.29) is 17.6 Å². The van der Waals surface area contributed by atoms with Crippen LogP contribution < -0.4 is 5.32 Å². The van der Waals surface area contributed by atoms with Crippen molar-refractivity contribution in [1.29, 1.82) is 0 Å². The van der Waals surface area contributed by atoms with Gasteiger partial charge in [-0.25, -0.2) is 4.39 Å². The zero-order valence-corrected chi connectivity index (χ0v) is 14.9. The van der Waals surface area contributed by atoms with Gasteiger partial charge in [0.2, 0.25) is 5.91 Å². The number of nitrogens with one attached hydrogen (secondary N) is 2. The summed E-state index contributed by atoms with van der Waals surface area (Å²) in [4.78, 5) is 41.8. The normalized spacial score (nSPS) is 17.2. The molecule has 2 aromatic rings. The topological polar surface area (TPSA) is 82.3 Å². The first-order valence-electron chi connectivity index (χ1n) is 8.35. The zero-order chi connectivity index (χ0) is 19.0. The minimum absolute atomic E-state index is 0.164. The number of aromatic nitrogens is 1. The Bertz CT molecular complexity index is 903.